The highest BCUT2D eigenvalue weighted by Gasteiger charge is 2.38. The zero-order valence-corrected chi connectivity index (χ0v) is 91.7. The standard InChI is InChI=1S/2C18H21N.C18H23N.C17H21N.2C16H19NO.2C16H19N/c2*1-11(2)13-5-6-14-7-16-8-15(12-3-4-12)10-18(16)19-17(14)9-13;1-11(2)13-5-6-14-7-16-8-15(12(3)4)10-18(16)19-17(14)9-13;1-4-12-7-15-9-14-6-5-13(11(2)3)10-17(14)18-16(15)8-12;2*1-10(2)12-4-5-13-7-14-6-11(3)18-9-16(14)17-15(13)8-12;2*1-10(2)12-4-5-13-8-14-6-11(3)7-15(14)17-16(13)9-12/h2*5-7,9,11-12,15H,3-4,8,10H2,1-2H3;5-7,9,11-12,15H,8,10H2,1-4H3;5-6,9-12H,4,7-8H2,1-3H3;2*4-5,7-8,10-11H,6,9H2,1-3H3;2*4-5,8-11H,6-7H2,1-3H3/t3*15-;12-;4*11-/m10111010/s1. The summed E-state index contributed by atoms with van der Waals surface area (Å²) in [4.78, 5) is 39.0. The molecule has 145 heavy (non-hydrogen) atoms. The van der Waals surface area contributed by atoms with E-state index in [2.05, 4.69) is 353 Å². The van der Waals surface area contributed by atoms with Crippen molar-refractivity contribution in [2.75, 3.05) is 0 Å². The number of pyridine rings is 8. The fourth-order valence-corrected chi connectivity index (χ4v) is 23.5. The van der Waals surface area contributed by atoms with E-state index in [1.165, 1.54) is 289 Å². The molecule has 10 heteroatoms. The molecule has 0 N–H and O–H groups in total. The third-order valence-electron chi connectivity index (χ3n) is 33.6. The molecule has 754 valence electrons. The van der Waals surface area contributed by atoms with Crippen LogP contribution in [0.4, 0.5) is 0 Å². The van der Waals surface area contributed by atoms with Gasteiger partial charge in [-0.05, 0) is 403 Å². The van der Waals surface area contributed by atoms with Gasteiger partial charge in [0.25, 0.3) is 0 Å². The van der Waals surface area contributed by atoms with Crippen LogP contribution in [0.25, 0.3) is 87.2 Å². The fourth-order valence-electron chi connectivity index (χ4n) is 23.5. The van der Waals surface area contributed by atoms with Gasteiger partial charge in [0.15, 0.2) is 0 Å². The highest BCUT2D eigenvalue weighted by molar-refractivity contribution is 5.87. The van der Waals surface area contributed by atoms with Crippen molar-refractivity contribution >= 4 is 87.2 Å². The molecule has 0 unspecified atom stereocenters. The molecule has 10 aliphatic rings. The number of aromatic nitrogens is 8. The molecular weight excluding hydrogens is 1770 g/mol. The number of hydrogen-bond donors (Lipinski definition) is 0. The second kappa shape index (κ2) is 44.2. The van der Waals surface area contributed by atoms with Crippen molar-refractivity contribution in [3.63, 3.8) is 0 Å². The Labute approximate surface area is 866 Å². The van der Waals surface area contributed by atoms with Crippen LogP contribution < -0.4 is 0 Å². The van der Waals surface area contributed by atoms with Crippen LogP contribution in [0.3, 0.4) is 0 Å². The van der Waals surface area contributed by atoms with Gasteiger partial charge in [-0.2, -0.15) is 0 Å². The smallest absolute Gasteiger partial charge is 0.0894 e. The van der Waals surface area contributed by atoms with Crippen LogP contribution in [-0.4, -0.2) is 52.1 Å². The molecule has 0 radical (unpaired) electrons. The lowest BCUT2D eigenvalue weighted by Gasteiger charge is -2.22. The lowest BCUT2D eigenvalue weighted by Crippen LogP contribution is -2.20. The van der Waals surface area contributed by atoms with Gasteiger partial charge in [0, 0.05) is 90.1 Å². The van der Waals surface area contributed by atoms with E-state index in [1.807, 2.05) is 0 Å². The van der Waals surface area contributed by atoms with Crippen LogP contribution in [0.1, 0.15) is 373 Å². The number of hydrogen-bond acceptors (Lipinski definition) is 10. The molecule has 8 aromatic carbocycles. The van der Waals surface area contributed by atoms with E-state index in [9.17, 15) is 0 Å². The van der Waals surface area contributed by atoms with Crippen molar-refractivity contribution in [3.8, 4) is 0 Å². The third-order valence-corrected chi connectivity index (χ3v) is 33.6. The second-order valence-corrected chi connectivity index (χ2v) is 48.4. The minimum absolute atomic E-state index is 0.312. The summed E-state index contributed by atoms with van der Waals surface area (Å²) < 4.78 is 11.3. The van der Waals surface area contributed by atoms with E-state index in [0.717, 1.165) is 108 Å². The minimum atomic E-state index is 0.312. The van der Waals surface area contributed by atoms with Crippen molar-refractivity contribution in [1.29, 1.82) is 0 Å². The number of rotatable bonds is 12. The maximum Gasteiger partial charge on any atom is 0.0894 e. The van der Waals surface area contributed by atoms with Crippen molar-refractivity contribution < 1.29 is 9.47 Å². The van der Waals surface area contributed by atoms with Crippen molar-refractivity contribution in [2.45, 2.75) is 354 Å². The van der Waals surface area contributed by atoms with E-state index in [4.69, 9.17) is 49.3 Å². The van der Waals surface area contributed by atoms with Gasteiger partial charge in [0.2, 0.25) is 0 Å². The molecule has 8 atom stereocenters. The Balaban J connectivity index is 0.000000105. The summed E-state index contributed by atoms with van der Waals surface area (Å²) in [6, 6.07) is 72.5. The van der Waals surface area contributed by atoms with Gasteiger partial charge in [0.05, 0.1) is 80.9 Å². The number of nitrogens with zero attached hydrogens (tertiary/aromatic N) is 8. The Kier molecular flexibility index (Phi) is 31.2. The summed E-state index contributed by atoms with van der Waals surface area (Å²) in [6.45, 7) is 52.8. The Morgan fingerprint density at radius 2 is 0.441 bits per heavy atom. The molecule has 0 spiro atoms. The average Bonchev–Trinajstić information content (AvgIpc) is 1.68. The molecule has 2 aliphatic heterocycles. The first-order valence-electron chi connectivity index (χ1n) is 56.3. The zero-order chi connectivity index (χ0) is 102. The van der Waals surface area contributed by atoms with Crippen LogP contribution in [-0.2, 0) is 113 Å². The molecule has 10 nitrogen and oxygen atoms in total. The normalized spacial score (nSPS) is 19.8. The molecule has 0 amide bonds. The highest BCUT2D eigenvalue weighted by Crippen LogP contribution is 2.47. The van der Waals surface area contributed by atoms with Gasteiger partial charge in [-0.3, -0.25) is 39.9 Å². The quantitative estimate of drug-likeness (QED) is 0.117. The Bertz CT molecular complexity index is 6940. The molecule has 0 bridgehead atoms. The monoisotopic (exact) mass is 1930 g/mol. The average molecular weight is 1930 g/mol. The van der Waals surface area contributed by atoms with Crippen LogP contribution >= 0.6 is 0 Å². The molecule has 8 aliphatic carbocycles. The molecule has 26 rings (SSSR count). The van der Waals surface area contributed by atoms with E-state index in [0.29, 0.717) is 72.8 Å². The van der Waals surface area contributed by atoms with Gasteiger partial charge in [-0.25, -0.2) is 0 Å². The Morgan fingerprint density at radius 3 is 0.690 bits per heavy atom. The third kappa shape index (κ3) is 24.2. The molecule has 2 saturated carbocycles. The summed E-state index contributed by atoms with van der Waals surface area (Å²) in [7, 11) is 0. The first kappa shape index (κ1) is 103. The topological polar surface area (TPSA) is 122 Å². The van der Waals surface area contributed by atoms with Crippen LogP contribution in [0.2, 0.25) is 0 Å². The summed E-state index contributed by atoms with van der Waals surface area (Å²) >= 11 is 0. The molecule has 8 aromatic heterocycles. The number of ether oxygens (including phenoxy) is 2. The van der Waals surface area contributed by atoms with E-state index in [-0.39, 0.29) is 0 Å². The second-order valence-electron chi connectivity index (χ2n) is 48.4. The fraction of sp³-hybridized carbons (Fsp3) is 0.467. The van der Waals surface area contributed by atoms with Crippen LogP contribution in [0.5, 0.6) is 0 Å². The van der Waals surface area contributed by atoms with E-state index >= 15 is 0 Å². The van der Waals surface area contributed by atoms with Crippen molar-refractivity contribution in [1.82, 2.24) is 39.9 Å². The Morgan fingerprint density at radius 1 is 0.221 bits per heavy atom. The predicted molar refractivity (Wildman–Crippen MR) is 610 cm³/mol. The summed E-state index contributed by atoms with van der Waals surface area (Å²) in [5, 5.41) is 10.3. The van der Waals surface area contributed by atoms with Gasteiger partial charge >= 0.3 is 0 Å². The van der Waals surface area contributed by atoms with Crippen LogP contribution in [0.15, 0.2) is 194 Å². The zero-order valence-electron chi connectivity index (χ0n) is 91.7. The maximum atomic E-state index is 5.67. The van der Waals surface area contributed by atoms with Gasteiger partial charge in [-0.1, -0.05) is 249 Å². The molecular formula is C135H162N8O2. The predicted octanol–water partition coefficient (Wildman–Crippen LogP) is 34.0. The largest absolute Gasteiger partial charge is 0.372 e. The first-order valence-corrected chi connectivity index (χ1v) is 56.3. The molecule has 0 saturated heterocycles. The van der Waals surface area contributed by atoms with Crippen molar-refractivity contribution in [2.24, 2.45) is 53.3 Å². The molecule has 16 aromatic rings. The first-order chi connectivity index (χ1) is 69.6. The summed E-state index contributed by atoms with van der Waals surface area (Å²) in [5.74, 6) is 12.2. The van der Waals surface area contributed by atoms with Gasteiger partial charge in [0.1, 0.15) is 0 Å². The van der Waals surface area contributed by atoms with Gasteiger partial charge in [-0.15, -0.1) is 0 Å². The van der Waals surface area contributed by atoms with Crippen molar-refractivity contribution in [3.05, 3.63) is 329 Å². The number of fused-ring (bicyclic) bond motifs is 16. The molecule has 10 heterocycles. The Hall–Kier alpha value is -11.0. The highest BCUT2D eigenvalue weighted by atomic mass is 16.5. The van der Waals surface area contributed by atoms with Crippen LogP contribution in [0, 0.1) is 53.3 Å². The summed E-state index contributed by atoms with van der Waals surface area (Å²) in [5.41, 5.74) is 42.2. The lowest BCUT2D eigenvalue weighted by atomic mass is 9.93. The maximum absolute atomic E-state index is 5.67. The van der Waals surface area contributed by atoms with E-state index in [1.54, 1.807) is 0 Å². The van der Waals surface area contributed by atoms with Gasteiger partial charge < -0.3 is 9.47 Å². The lowest BCUT2D eigenvalue weighted by molar-refractivity contribution is 0.0386. The van der Waals surface area contributed by atoms with E-state index < -0.39 is 0 Å². The summed E-state index contributed by atoms with van der Waals surface area (Å²) in [6.07, 6.45) is 24.1. The number of benzene rings is 8. The SMILES string of the molecule is CC(C)c1ccc2cc3c(nc2c1)CO[C@@H](C)C3.CC(C)c1ccc2cc3c(nc2c1)CO[C@H](C)C3.CC(C)c1ccc2cc3c(nc2c1)C[C@@H](C)C3.CC(C)c1ccc2cc3c(nc2c1)C[C@@H](C1CC1)C3.CC(C)c1ccc2cc3c(nc2c1)C[C@H](C(C)C)C3.CC(C)c1ccc2cc3c(nc2c1)C[C@H](C)C3.CC(C)c1ccc2cc3c(nc2c1)C[C@H](C1CC1)C3.CC[C@@H]1Cc2cc3ccc(C(C)C)cc3nc2C1. The molecule has 2 fully saturated rings. The minimum Gasteiger partial charge on any atom is -0.372 e.